The van der Waals surface area contributed by atoms with E-state index < -0.39 is 0 Å². The van der Waals surface area contributed by atoms with Crippen LogP contribution in [-0.4, -0.2) is 24.0 Å². The number of nitriles is 1. The van der Waals surface area contributed by atoms with E-state index in [-0.39, 0.29) is 23.4 Å². The van der Waals surface area contributed by atoms with Crippen LogP contribution in [0, 0.1) is 31.1 Å². The number of anilines is 2. The molecule has 1 aliphatic rings. The lowest BCUT2D eigenvalue weighted by Crippen LogP contribution is -2.38. The van der Waals surface area contributed by atoms with Crippen LogP contribution in [0.1, 0.15) is 29.7 Å². The molecule has 7 nitrogen and oxygen atoms in total. The smallest absolute Gasteiger partial charge is 0.266 e. The molecule has 148 valence electrons. The molecule has 3 heterocycles. The van der Waals surface area contributed by atoms with Crippen molar-refractivity contribution >= 4 is 17.5 Å². The number of aromatic nitrogens is 1. The summed E-state index contributed by atoms with van der Waals surface area (Å²) in [5.41, 5.74) is 3.41. The van der Waals surface area contributed by atoms with Crippen LogP contribution >= 0.6 is 0 Å². The van der Waals surface area contributed by atoms with E-state index in [9.17, 15) is 10.1 Å². The summed E-state index contributed by atoms with van der Waals surface area (Å²) in [4.78, 5) is 18.9. The highest BCUT2D eigenvalue weighted by molar-refractivity contribution is 5.92. The fourth-order valence-corrected chi connectivity index (χ4v) is 3.51. The first-order valence-corrected chi connectivity index (χ1v) is 9.63. The van der Waals surface area contributed by atoms with Crippen LogP contribution in [0.15, 0.2) is 45.4 Å². The second kappa shape index (κ2) is 7.84. The Morgan fingerprint density at radius 3 is 2.69 bits per heavy atom. The van der Waals surface area contributed by atoms with Gasteiger partial charge in [-0.3, -0.25) is 4.79 Å². The lowest BCUT2D eigenvalue weighted by atomic mass is 9.95. The lowest BCUT2D eigenvalue weighted by Gasteiger charge is -2.31. The number of carbonyl (C=O) groups excluding carboxylic acids is 1. The third-order valence-electron chi connectivity index (χ3n) is 5.37. The Morgan fingerprint density at radius 2 is 2.03 bits per heavy atom. The van der Waals surface area contributed by atoms with E-state index in [2.05, 4.69) is 16.4 Å². The number of furan rings is 1. The molecule has 0 radical (unpaired) electrons. The van der Waals surface area contributed by atoms with Gasteiger partial charge in [-0.1, -0.05) is 6.07 Å². The predicted octanol–water partition coefficient (Wildman–Crippen LogP) is 4.28. The van der Waals surface area contributed by atoms with Crippen molar-refractivity contribution < 1.29 is 13.6 Å². The normalized spacial score (nSPS) is 14.6. The van der Waals surface area contributed by atoms with E-state index in [0.29, 0.717) is 37.6 Å². The molecule has 1 amide bonds. The van der Waals surface area contributed by atoms with Gasteiger partial charge in [-0.15, -0.1) is 0 Å². The quantitative estimate of drug-likeness (QED) is 0.714. The standard InChI is InChI=1S/C22H22N4O3/c1-14-5-6-17(12-15(14)2)24-20(27)16-7-9-26(10-8-16)22-18(13-23)25-21(29-22)19-4-3-11-28-19/h3-6,11-12,16H,7-10H2,1-2H3,(H,24,27). The molecule has 1 N–H and O–H groups in total. The molecule has 3 aromatic rings. The van der Waals surface area contributed by atoms with Gasteiger partial charge in [0.1, 0.15) is 6.07 Å². The van der Waals surface area contributed by atoms with Crippen molar-refractivity contribution in [1.29, 1.82) is 5.26 Å². The lowest BCUT2D eigenvalue weighted by molar-refractivity contribution is -0.120. The van der Waals surface area contributed by atoms with Crippen molar-refractivity contribution in [3.05, 3.63) is 53.4 Å². The van der Waals surface area contributed by atoms with Gasteiger partial charge in [-0.2, -0.15) is 10.2 Å². The molecule has 1 aliphatic heterocycles. The van der Waals surface area contributed by atoms with Crippen LogP contribution < -0.4 is 10.2 Å². The van der Waals surface area contributed by atoms with Crippen LogP contribution in [0.25, 0.3) is 11.7 Å². The van der Waals surface area contributed by atoms with Crippen molar-refractivity contribution in [3.63, 3.8) is 0 Å². The minimum Gasteiger partial charge on any atom is -0.459 e. The summed E-state index contributed by atoms with van der Waals surface area (Å²) in [6.07, 6.45) is 2.89. The topological polar surface area (TPSA) is 95.3 Å². The first-order valence-electron chi connectivity index (χ1n) is 9.63. The number of nitrogens with zero attached hydrogens (tertiary/aromatic N) is 3. The number of hydrogen-bond donors (Lipinski definition) is 1. The maximum absolute atomic E-state index is 12.7. The average Bonchev–Trinajstić information content (AvgIpc) is 3.40. The van der Waals surface area contributed by atoms with Crippen LogP contribution in [-0.2, 0) is 4.79 Å². The first-order chi connectivity index (χ1) is 14.0. The van der Waals surface area contributed by atoms with Gasteiger partial charge in [0, 0.05) is 24.7 Å². The summed E-state index contributed by atoms with van der Waals surface area (Å²) in [7, 11) is 0. The Bertz CT molecular complexity index is 1050. The maximum Gasteiger partial charge on any atom is 0.266 e. The van der Waals surface area contributed by atoms with Crippen LogP contribution in [0.4, 0.5) is 11.6 Å². The molecule has 0 saturated carbocycles. The van der Waals surface area contributed by atoms with E-state index >= 15 is 0 Å². The molecule has 4 rings (SSSR count). The van der Waals surface area contributed by atoms with Crippen LogP contribution in [0.3, 0.4) is 0 Å². The van der Waals surface area contributed by atoms with E-state index in [0.717, 1.165) is 11.3 Å². The minimum atomic E-state index is -0.0779. The number of aryl methyl sites for hydroxylation is 2. The summed E-state index contributed by atoms with van der Waals surface area (Å²) in [6.45, 7) is 5.32. The Hall–Kier alpha value is -3.53. The molecule has 0 spiro atoms. The fraction of sp³-hybridized carbons (Fsp3) is 0.318. The maximum atomic E-state index is 12.7. The fourth-order valence-electron chi connectivity index (χ4n) is 3.51. The number of piperidine rings is 1. The molecule has 1 saturated heterocycles. The highest BCUT2D eigenvalue weighted by Gasteiger charge is 2.29. The second-order valence-electron chi connectivity index (χ2n) is 7.31. The summed E-state index contributed by atoms with van der Waals surface area (Å²) < 4.78 is 11.1. The number of amides is 1. The van der Waals surface area contributed by atoms with Gasteiger partial charge >= 0.3 is 0 Å². The number of rotatable bonds is 4. The minimum absolute atomic E-state index is 0.0299. The number of benzene rings is 1. The Kier molecular flexibility index (Phi) is 5.09. The summed E-state index contributed by atoms with van der Waals surface area (Å²) in [5, 5.41) is 12.4. The van der Waals surface area contributed by atoms with E-state index in [4.69, 9.17) is 8.83 Å². The van der Waals surface area contributed by atoms with E-state index in [1.807, 2.05) is 36.9 Å². The molecule has 7 heteroatoms. The number of hydrogen-bond acceptors (Lipinski definition) is 6. The van der Waals surface area contributed by atoms with Crippen LogP contribution in [0.5, 0.6) is 0 Å². The third kappa shape index (κ3) is 3.87. The molecule has 1 fully saturated rings. The summed E-state index contributed by atoms with van der Waals surface area (Å²) >= 11 is 0. The number of nitrogens with one attached hydrogen (secondary N) is 1. The molecule has 2 aromatic heterocycles. The summed E-state index contributed by atoms with van der Waals surface area (Å²) in [5.74, 6) is 1.16. The molecule has 0 bridgehead atoms. The zero-order valence-electron chi connectivity index (χ0n) is 16.4. The van der Waals surface area contributed by atoms with Gasteiger partial charge in [-0.05, 0) is 62.1 Å². The van der Waals surface area contributed by atoms with Crippen molar-refractivity contribution in [2.45, 2.75) is 26.7 Å². The van der Waals surface area contributed by atoms with Crippen molar-refractivity contribution in [2.24, 2.45) is 5.92 Å². The zero-order valence-corrected chi connectivity index (χ0v) is 16.4. The number of oxazole rings is 1. The highest BCUT2D eigenvalue weighted by Crippen LogP contribution is 2.31. The molecule has 0 unspecified atom stereocenters. The first kappa shape index (κ1) is 18.8. The molecule has 1 aromatic carbocycles. The molecular formula is C22H22N4O3. The molecule has 0 atom stereocenters. The monoisotopic (exact) mass is 390 g/mol. The number of carbonyl (C=O) groups is 1. The van der Waals surface area contributed by atoms with Crippen molar-refractivity contribution in [2.75, 3.05) is 23.3 Å². The van der Waals surface area contributed by atoms with Crippen molar-refractivity contribution in [3.8, 4) is 17.7 Å². The van der Waals surface area contributed by atoms with Crippen LogP contribution in [0.2, 0.25) is 0 Å². The second-order valence-corrected chi connectivity index (χ2v) is 7.31. The highest BCUT2D eigenvalue weighted by atomic mass is 16.4. The molecule has 29 heavy (non-hydrogen) atoms. The van der Waals surface area contributed by atoms with Gasteiger partial charge in [0.25, 0.3) is 5.89 Å². The zero-order chi connectivity index (χ0) is 20.4. The van der Waals surface area contributed by atoms with Gasteiger partial charge in [-0.25, -0.2) is 0 Å². The molecular weight excluding hydrogens is 368 g/mol. The van der Waals surface area contributed by atoms with E-state index in [1.54, 1.807) is 12.1 Å². The van der Waals surface area contributed by atoms with Gasteiger partial charge < -0.3 is 19.1 Å². The Balaban J connectivity index is 1.41. The predicted molar refractivity (Wildman–Crippen MR) is 108 cm³/mol. The van der Waals surface area contributed by atoms with Gasteiger partial charge in [0.05, 0.1) is 6.26 Å². The van der Waals surface area contributed by atoms with Crippen molar-refractivity contribution in [1.82, 2.24) is 4.98 Å². The third-order valence-corrected chi connectivity index (χ3v) is 5.37. The SMILES string of the molecule is Cc1ccc(NC(=O)C2CCN(c3oc(-c4ccco4)nc3C#N)CC2)cc1C. The van der Waals surface area contributed by atoms with Gasteiger partial charge in [0.15, 0.2) is 5.76 Å². The Morgan fingerprint density at radius 1 is 1.24 bits per heavy atom. The van der Waals surface area contributed by atoms with Gasteiger partial charge in [0.2, 0.25) is 17.5 Å². The Labute approximate surface area is 168 Å². The van der Waals surface area contributed by atoms with E-state index in [1.165, 1.54) is 11.8 Å². The summed E-state index contributed by atoms with van der Waals surface area (Å²) in [6, 6.07) is 11.5. The molecule has 0 aliphatic carbocycles. The largest absolute Gasteiger partial charge is 0.459 e. The average molecular weight is 390 g/mol.